The standard InChI is InChI=1S/C18H28O4/c1-4-6-7-8-9-15(3)21-22-18(19)16-10-12-17(13-11-16)20-14-5-2/h10-13,15H,4-9,14H2,1-3H3. The lowest BCUT2D eigenvalue weighted by atomic mass is 10.1. The van der Waals surface area contributed by atoms with Crippen molar-refractivity contribution in [3.8, 4) is 5.75 Å². The smallest absolute Gasteiger partial charge is 0.373 e. The molecule has 0 saturated carbocycles. The second-order valence-electron chi connectivity index (χ2n) is 5.50. The molecular formula is C18H28O4. The van der Waals surface area contributed by atoms with Gasteiger partial charge in [-0.1, -0.05) is 39.5 Å². The molecule has 124 valence electrons. The van der Waals surface area contributed by atoms with Gasteiger partial charge < -0.3 is 4.74 Å². The van der Waals surface area contributed by atoms with E-state index in [4.69, 9.17) is 14.5 Å². The molecule has 1 aromatic carbocycles. The van der Waals surface area contributed by atoms with Crippen LogP contribution in [-0.2, 0) is 9.78 Å². The highest BCUT2D eigenvalue weighted by Crippen LogP contribution is 2.14. The summed E-state index contributed by atoms with van der Waals surface area (Å²) >= 11 is 0. The molecule has 1 atom stereocenters. The summed E-state index contributed by atoms with van der Waals surface area (Å²) in [7, 11) is 0. The third kappa shape index (κ3) is 7.46. The van der Waals surface area contributed by atoms with Gasteiger partial charge in [0.05, 0.1) is 12.2 Å². The first-order chi connectivity index (χ1) is 10.7. The molecule has 0 aliphatic heterocycles. The largest absolute Gasteiger partial charge is 0.494 e. The Kier molecular flexibility index (Phi) is 9.31. The second-order valence-corrected chi connectivity index (χ2v) is 5.50. The number of unbranched alkanes of at least 4 members (excludes halogenated alkanes) is 3. The van der Waals surface area contributed by atoms with E-state index < -0.39 is 5.97 Å². The number of ether oxygens (including phenoxy) is 1. The van der Waals surface area contributed by atoms with Crippen LogP contribution in [0.4, 0.5) is 0 Å². The molecule has 4 nitrogen and oxygen atoms in total. The van der Waals surface area contributed by atoms with E-state index in [0.29, 0.717) is 12.2 Å². The van der Waals surface area contributed by atoms with Gasteiger partial charge in [0, 0.05) is 0 Å². The lowest BCUT2D eigenvalue weighted by Crippen LogP contribution is -2.13. The lowest BCUT2D eigenvalue weighted by Gasteiger charge is -2.11. The minimum absolute atomic E-state index is 0.0760. The first kappa shape index (κ1) is 18.5. The van der Waals surface area contributed by atoms with Crippen LogP contribution in [0.2, 0.25) is 0 Å². The zero-order chi connectivity index (χ0) is 16.2. The molecule has 0 fully saturated rings. The number of benzene rings is 1. The summed E-state index contributed by atoms with van der Waals surface area (Å²) in [4.78, 5) is 21.9. The highest BCUT2D eigenvalue weighted by Gasteiger charge is 2.11. The van der Waals surface area contributed by atoms with Crippen molar-refractivity contribution in [2.45, 2.75) is 65.4 Å². The molecule has 22 heavy (non-hydrogen) atoms. The van der Waals surface area contributed by atoms with Crippen LogP contribution in [0.1, 0.15) is 69.7 Å². The van der Waals surface area contributed by atoms with Gasteiger partial charge in [0.1, 0.15) is 11.9 Å². The highest BCUT2D eigenvalue weighted by molar-refractivity contribution is 5.89. The molecule has 1 rings (SSSR count). The van der Waals surface area contributed by atoms with E-state index in [0.717, 1.165) is 25.0 Å². The van der Waals surface area contributed by atoms with E-state index in [2.05, 4.69) is 6.92 Å². The molecule has 1 unspecified atom stereocenters. The van der Waals surface area contributed by atoms with Crippen molar-refractivity contribution >= 4 is 5.97 Å². The van der Waals surface area contributed by atoms with Crippen LogP contribution < -0.4 is 4.74 Å². The van der Waals surface area contributed by atoms with Crippen LogP contribution >= 0.6 is 0 Å². The number of rotatable bonds is 11. The van der Waals surface area contributed by atoms with Crippen LogP contribution in [0, 0.1) is 0 Å². The van der Waals surface area contributed by atoms with Crippen LogP contribution in [-0.4, -0.2) is 18.7 Å². The van der Waals surface area contributed by atoms with Crippen LogP contribution in [0.15, 0.2) is 24.3 Å². The van der Waals surface area contributed by atoms with E-state index in [1.54, 1.807) is 24.3 Å². The summed E-state index contributed by atoms with van der Waals surface area (Å²) < 4.78 is 5.47. The number of hydrogen-bond donors (Lipinski definition) is 0. The molecule has 0 radical (unpaired) electrons. The minimum atomic E-state index is -0.470. The van der Waals surface area contributed by atoms with Crippen molar-refractivity contribution in [3.63, 3.8) is 0 Å². The Balaban J connectivity index is 2.29. The Labute approximate surface area is 133 Å². The molecular weight excluding hydrogens is 280 g/mol. The van der Waals surface area contributed by atoms with E-state index in [1.807, 2.05) is 13.8 Å². The van der Waals surface area contributed by atoms with Gasteiger partial charge >= 0.3 is 5.97 Å². The quantitative estimate of drug-likeness (QED) is 0.330. The van der Waals surface area contributed by atoms with Crippen molar-refractivity contribution < 1.29 is 19.3 Å². The normalized spacial score (nSPS) is 12.0. The predicted octanol–water partition coefficient (Wildman–Crippen LogP) is 4.92. The molecule has 0 amide bonds. The molecule has 0 N–H and O–H groups in total. The maximum absolute atomic E-state index is 11.9. The van der Waals surface area contributed by atoms with E-state index in [1.165, 1.54) is 19.3 Å². The molecule has 0 aromatic heterocycles. The number of carbonyl (C=O) groups excluding carboxylic acids is 1. The van der Waals surface area contributed by atoms with Gasteiger partial charge in [-0.05, 0) is 44.0 Å². The third-order valence-electron chi connectivity index (χ3n) is 3.32. The van der Waals surface area contributed by atoms with Crippen LogP contribution in [0.3, 0.4) is 0 Å². The van der Waals surface area contributed by atoms with E-state index >= 15 is 0 Å². The molecule has 0 saturated heterocycles. The summed E-state index contributed by atoms with van der Waals surface area (Å²) in [6.45, 7) is 6.82. The minimum Gasteiger partial charge on any atom is -0.494 e. The van der Waals surface area contributed by atoms with Crippen molar-refractivity contribution in [2.24, 2.45) is 0 Å². The maximum Gasteiger partial charge on any atom is 0.373 e. The molecule has 0 aliphatic rings. The predicted molar refractivity (Wildman–Crippen MR) is 86.9 cm³/mol. The topological polar surface area (TPSA) is 44.8 Å². The van der Waals surface area contributed by atoms with Crippen LogP contribution in [0.5, 0.6) is 5.75 Å². The molecule has 0 heterocycles. The van der Waals surface area contributed by atoms with Crippen molar-refractivity contribution in [3.05, 3.63) is 29.8 Å². The first-order valence-corrected chi connectivity index (χ1v) is 8.27. The molecule has 4 heteroatoms. The Hall–Kier alpha value is -1.55. The van der Waals surface area contributed by atoms with Crippen molar-refractivity contribution in [1.82, 2.24) is 0 Å². The molecule has 0 bridgehead atoms. The van der Waals surface area contributed by atoms with Gasteiger partial charge in [-0.25, -0.2) is 4.79 Å². The van der Waals surface area contributed by atoms with Gasteiger partial charge in [0.2, 0.25) is 0 Å². The monoisotopic (exact) mass is 308 g/mol. The molecule has 1 aromatic rings. The fraction of sp³-hybridized carbons (Fsp3) is 0.611. The fourth-order valence-electron chi connectivity index (χ4n) is 1.99. The summed E-state index contributed by atoms with van der Waals surface area (Å²) in [6.07, 6.45) is 6.51. The van der Waals surface area contributed by atoms with Gasteiger partial charge in [-0.3, -0.25) is 4.89 Å². The Morgan fingerprint density at radius 1 is 1.05 bits per heavy atom. The zero-order valence-electron chi connectivity index (χ0n) is 14.0. The van der Waals surface area contributed by atoms with E-state index in [9.17, 15) is 4.79 Å². The summed E-state index contributed by atoms with van der Waals surface area (Å²) in [5.74, 6) is 0.283. The van der Waals surface area contributed by atoms with Gasteiger partial charge in [-0.15, -0.1) is 0 Å². The summed E-state index contributed by atoms with van der Waals surface area (Å²) in [6, 6.07) is 6.89. The van der Waals surface area contributed by atoms with Crippen molar-refractivity contribution in [1.29, 1.82) is 0 Å². The Morgan fingerprint density at radius 2 is 1.77 bits per heavy atom. The van der Waals surface area contributed by atoms with Gasteiger partial charge in [0.15, 0.2) is 0 Å². The third-order valence-corrected chi connectivity index (χ3v) is 3.32. The fourth-order valence-corrected chi connectivity index (χ4v) is 1.99. The average molecular weight is 308 g/mol. The van der Waals surface area contributed by atoms with E-state index in [-0.39, 0.29) is 6.10 Å². The summed E-state index contributed by atoms with van der Waals surface area (Å²) in [5.41, 5.74) is 0.460. The van der Waals surface area contributed by atoms with Crippen LogP contribution in [0.25, 0.3) is 0 Å². The Morgan fingerprint density at radius 3 is 2.41 bits per heavy atom. The van der Waals surface area contributed by atoms with Crippen molar-refractivity contribution in [2.75, 3.05) is 6.61 Å². The first-order valence-electron chi connectivity index (χ1n) is 8.27. The SMILES string of the molecule is CCCCCCC(C)OOC(=O)c1ccc(OCCC)cc1. The maximum atomic E-state index is 11.9. The highest BCUT2D eigenvalue weighted by atomic mass is 17.2. The second kappa shape index (κ2) is 11.1. The lowest BCUT2D eigenvalue weighted by molar-refractivity contribution is -0.271. The zero-order valence-corrected chi connectivity index (χ0v) is 14.0. The Bertz CT molecular complexity index is 414. The van der Waals surface area contributed by atoms with Gasteiger partial charge in [-0.2, -0.15) is 4.89 Å². The number of carbonyl (C=O) groups is 1. The molecule has 0 spiro atoms. The average Bonchev–Trinajstić information content (AvgIpc) is 2.55. The molecule has 0 aliphatic carbocycles. The van der Waals surface area contributed by atoms with Gasteiger partial charge in [0.25, 0.3) is 0 Å². The number of hydrogen-bond acceptors (Lipinski definition) is 4. The summed E-state index contributed by atoms with van der Waals surface area (Å²) in [5, 5.41) is 0.